The third-order valence-corrected chi connectivity index (χ3v) is 6.25. The molecule has 2 aromatic heterocycles. The fourth-order valence-electron chi connectivity index (χ4n) is 4.46. The predicted molar refractivity (Wildman–Crippen MR) is 108 cm³/mol. The second-order valence-electron chi connectivity index (χ2n) is 8.14. The van der Waals surface area contributed by atoms with Crippen LogP contribution >= 0.6 is 0 Å². The Kier molecular flexibility index (Phi) is 5.97. The average Bonchev–Trinajstić information content (AvgIpc) is 3.39. The lowest BCUT2D eigenvalue weighted by Gasteiger charge is -2.35. The summed E-state index contributed by atoms with van der Waals surface area (Å²) in [7, 11) is 0. The van der Waals surface area contributed by atoms with Crippen molar-refractivity contribution in [3.05, 3.63) is 34.9 Å². The maximum atomic E-state index is 12.5. The Morgan fingerprint density at radius 3 is 2.28 bits per heavy atom. The molecule has 1 aliphatic heterocycles. The Labute approximate surface area is 170 Å². The number of rotatable bonds is 6. The highest BCUT2D eigenvalue weighted by molar-refractivity contribution is 5.78. The number of aromatic nitrogens is 3. The molecule has 0 unspecified atom stereocenters. The Morgan fingerprint density at radius 2 is 1.62 bits per heavy atom. The third-order valence-electron chi connectivity index (χ3n) is 6.25. The van der Waals surface area contributed by atoms with E-state index in [9.17, 15) is 14.4 Å². The molecule has 0 spiro atoms. The molecular weight excluding hydrogens is 370 g/mol. The van der Waals surface area contributed by atoms with E-state index in [0.29, 0.717) is 38.2 Å². The van der Waals surface area contributed by atoms with Gasteiger partial charge >= 0.3 is 5.69 Å². The molecule has 0 aromatic carbocycles. The highest BCUT2D eigenvalue weighted by Gasteiger charge is 2.25. The van der Waals surface area contributed by atoms with Crippen LogP contribution in [0.1, 0.15) is 44.9 Å². The maximum absolute atomic E-state index is 12.5. The second kappa shape index (κ2) is 8.80. The second-order valence-corrected chi connectivity index (χ2v) is 8.14. The minimum Gasteiger partial charge on any atom is -0.339 e. The van der Waals surface area contributed by atoms with E-state index in [1.807, 2.05) is 11.0 Å². The van der Waals surface area contributed by atoms with Crippen molar-refractivity contribution in [1.82, 2.24) is 24.0 Å². The Bertz CT molecular complexity index is 920. The summed E-state index contributed by atoms with van der Waals surface area (Å²) in [6.07, 6.45) is 8.70. The molecule has 2 aromatic rings. The minimum atomic E-state index is -0.230. The number of piperazine rings is 1. The zero-order valence-electron chi connectivity index (χ0n) is 16.8. The summed E-state index contributed by atoms with van der Waals surface area (Å²) >= 11 is 0. The Hall–Kier alpha value is -2.64. The van der Waals surface area contributed by atoms with Crippen molar-refractivity contribution in [1.29, 1.82) is 0 Å². The topological polar surface area (TPSA) is 79.9 Å². The monoisotopic (exact) mass is 399 g/mol. The van der Waals surface area contributed by atoms with Crippen LogP contribution in [0.4, 0.5) is 0 Å². The van der Waals surface area contributed by atoms with E-state index < -0.39 is 0 Å². The predicted octanol–water partition coefficient (Wildman–Crippen LogP) is 1.53. The normalized spacial score (nSPS) is 17.9. The van der Waals surface area contributed by atoms with E-state index in [4.69, 9.17) is 0 Å². The zero-order valence-corrected chi connectivity index (χ0v) is 16.8. The first-order chi connectivity index (χ1) is 14.1. The van der Waals surface area contributed by atoms with E-state index in [2.05, 4.69) is 5.10 Å². The number of aryl methyl sites for hydroxylation is 1. The summed E-state index contributed by atoms with van der Waals surface area (Å²) in [5.41, 5.74) is 0.348. The van der Waals surface area contributed by atoms with Crippen molar-refractivity contribution in [2.24, 2.45) is 5.92 Å². The number of amides is 2. The first-order valence-corrected chi connectivity index (χ1v) is 10.7. The van der Waals surface area contributed by atoms with E-state index in [-0.39, 0.29) is 30.5 Å². The van der Waals surface area contributed by atoms with Crippen LogP contribution in [0.5, 0.6) is 0 Å². The van der Waals surface area contributed by atoms with Crippen LogP contribution in [-0.4, -0.2) is 62.0 Å². The standard InChI is InChI=1S/C21H29N5O3/c27-19(9-8-17-5-1-2-6-17)23-13-15-24(16-14-23)20(28)10-12-26-21(29)25-11-4-3-7-18(25)22-26/h3-4,7,11,17H,1-2,5-6,8-10,12-16H2. The molecule has 1 saturated heterocycles. The third kappa shape index (κ3) is 4.52. The molecule has 0 atom stereocenters. The van der Waals surface area contributed by atoms with Crippen LogP contribution in [0.15, 0.2) is 29.2 Å². The van der Waals surface area contributed by atoms with Gasteiger partial charge in [0.25, 0.3) is 0 Å². The SMILES string of the molecule is O=C(CCC1CCCC1)N1CCN(C(=O)CCn2nc3ccccn3c2=O)CC1. The van der Waals surface area contributed by atoms with E-state index in [1.54, 1.807) is 23.2 Å². The highest BCUT2D eigenvalue weighted by atomic mass is 16.2. The first-order valence-electron chi connectivity index (χ1n) is 10.7. The highest BCUT2D eigenvalue weighted by Crippen LogP contribution is 2.28. The molecule has 1 saturated carbocycles. The molecule has 156 valence electrons. The van der Waals surface area contributed by atoms with Crippen molar-refractivity contribution in [2.45, 2.75) is 51.5 Å². The lowest BCUT2D eigenvalue weighted by Crippen LogP contribution is -2.50. The van der Waals surface area contributed by atoms with Gasteiger partial charge in [-0.1, -0.05) is 31.7 Å². The number of carbonyl (C=O) groups excluding carboxylic acids is 2. The van der Waals surface area contributed by atoms with Gasteiger partial charge in [0, 0.05) is 45.2 Å². The summed E-state index contributed by atoms with van der Waals surface area (Å²) in [6, 6.07) is 5.37. The molecule has 2 amide bonds. The molecule has 8 heteroatoms. The molecular formula is C21H29N5O3. The zero-order chi connectivity index (χ0) is 20.2. The van der Waals surface area contributed by atoms with Gasteiger partial charge in [-0.05, 0) is 24.5 Å². The summed E-state index contributed by atoms with van der Waals surface area (Å²) in [4.78, 5) is 41.0. The fourth-order valence-corrected chi connectivity index (χ4v) is 4.46. The van der Waals surface area contributed by atoms with Gasteiger partial charge in [-0.2, -0.15) is 0 Å². The van der Waals surface area contributed by atoms with Crippen molar-refractivity contribution in [3.63, 3.8) is 0 Å². The molecule has 29 heavy (non-hydrogen) atoms. The molecule has 8 nitrogen and oxygen atoms in total. The van der Waals surface area contributed by atoms with Crippen molar-refractivity contribution in [2.75, 3.05) is 26.2 Å². The lowest BCUT2D eigenvalue weighted by molar-refractivity contribution is -0.139. The molecule has 1 aliphatic carbocycles. The molecule has 3 heterocycles. The maximum Gasteiger partial charge on any atom is 0.350 e. The van der Waals surface area contributed by atoms with Crippen molar-refractivity contribution < 1.29 is 9.59 Å². The lowest BCUT2D eigenvalue weighted by atomic mass is 10.0. The van der Waals surface area contributed by atoms with E-state index in [0.717, 1.165) is 12.3 Å². The van der Waals surface area contributed by atoms with Gasteiger partial charge < -0.3 is 9.80 Å². The quantitative estimate of drug-likeness (QED) is 0.738. The van der Waals surface area contributed by atoms with Gasteiger partial charge in [0.05, 0.1) is 6.54 Å². The molecule has 2 aliphatic rings. The van der Waals surface area contributed by atoms with Crippen LogP contribution in [0, 0.1) is 5.92 Å². The molecule has 4 rings (SSSR count). The Morgan fingerprint density at radius 1 is 0.966 bits per heavy atom. The molecule has 0 radical (unpaired) electrons. The van der Waals surface area contributed by atoms with Crippen LogP contribution in [0.2, 0.25) is 0 Å². The van der Waals surface area contributed by atoms with Gasteiger partial charge in [0.2, 0.25) is 11.8 Å². The number of hydrogen-bond donors (Lipinski definition) is 0. The minimum absolute atomic E-state index is 0.00649. The van der Waals surface area contributed by atoms with Crippen LogP contribution < -0.4 is 5.69 Å². The van der Waals surface area contributed by atoms with Gasteiger partial charge in [0.1, 0.15) is 0 Å². The molecule has 0 bridgehead atoms. The van der Waals surface area contributed by atoms with Crippen LogP contribution in [0.25, 0.3) is 5.65 Å². The Balaban J connectivity index is 1.23. The smallest absolute Gasteiger partial charge is 0.339 e. The molecule has 0 N–H and O–H groups in total. The van der Waals surface area contributed by atoms with Crippen molar-refractivity contribution >= 4 is 17.5 Å². The van der Waals surface area contributed by atoms with Crippen LogP contribution in [-0.2, 0) is 16.1 Å². The number of nitrogens with zero attached hydrogens (tertiary/aromatic N) is 5. The number of hydrogen-bond acceptors (Lipinski definition) is 4. The summed E-state index contributed by atoms with van der Waals surface area (Å²) < 4.78 is 2.82. The summed E-state index contributed by atoms with van der Waals surface area (Å²) in [5, 5.41) is 4.26. The van der Waals surface area contributed by atoms with Crippen LogP contribution in [0.3, 0.4) is 0 Å². The van der Waals surface area contributed by atoms with Crippen molar-refractivity contribution in [3.8, 4) is 0 Å². The molecule has 2 fully saturated rings. The van der Waals surface area contributed by atoms with E-state index in [1.165, 1.54) is 34.8 Å². The average molecular weight is 399 g/mol. The number of pyridine rings is 1. The number of carbonyl (C=O) groups is 2. The van der Waals surface area contributed by atoms with Gasteiger partial charge in [0.15, 0.2) is 5.65 Å². The summed E-state index contributed by atoms with van der Waals surface area (Å²) in [5.74, 6) is 0.956. The van der Waals surface area contributed by atoms with Gasteiger partial charge in [-0.15, -0.1) is 5.10 Å². The number of fused-ring (bicyclic) bond motifs is 1. The van der Waals surface area contributed by atoms with Gasteiger partial charge in [-0.3, -0.25) is 14.0 Å². The summed E-state index contributed by atoms with van der Waals surface area (Å²) in [6.45, 7) is 2.59. The van der Waals surface area contributed by atoms with Gasteiger partial charge in [-0.25, -0.2) is 9.48 Å². The first kappa shape index (κ1) is 19.7. The fraction of sp³-hybridized carbons (Fsp3) is 0.619. The van der Waals surface area contributed by atoms with E-state index >= 15 is 0 Å². The largest absolute Gasteiger partial charge is 0.350 e.